The fourth-order valence-electron chi connectivity index (χ4n) is 1.43. The highest BCUT2D eigenvalue weighted by molar-refractivity contribution is 4.86. The molecule has 2 rings (SSSR count). The third-order valence-electron chi connectivity index (χ3n) is 2.15. The summed E-state index contributed by atoms with van der Waals surface area (Å²) < 4.78 is 0. The topological polar surface area (TPSA) is 17.3 Å². The first-order chi connectivity index (χ1) is 4.47. The smallest absolute Gasteiger partial charge is 0.0261 e. The van der Waals surface area contributed by atoms with E-state index in [1.165, 1.54) is 25.9 Å². The maximum atomic E-state index is 4.30. The van der Waals surface area contributed by atoms with Crippen LogP contribution in [0.5, 0.6) is 0 Å². The lowest BCUT2D eigenvalue weighted by molar-refractivity contribution is 0.229. The molecule has 0 bridgehead atoms. The van der Waals surface area contributed by atoms with Crippen LogP contribution >= 0.6 is 0 Å². The van der Waals surface area contributed by atoms with E-state index in [0.29, 0.717) is 0 Å². The summed E-state index contributed by atoms with van der Waals surface area (Å²) in [6.45, 7) is 4.61. The van der Waals surface area contributed by atoms with Crippen molar-refractivity contribution in [3.8, 4) is 0 Å². The van der Waals surface area contributed by atoms with E-state index in [1.54, 1.807) is 0 Å². The van der Waals surface area contributed by atoms with Crippen LogP contribution in [0.2, 0.25) is 0 Å². The van der Waals surface area contributed by atoms with E-state index in [-0.39, 0.29) is 0 Å². The number of nitrogens with zero attached hydrogens (tertiary/aromatic N) is 2. The minimum absolute atomic E-state index is 0.959. The zero-order valence-electron chi connectivity index (χ0n) is 5.71. The summed E-state index contributed by atoms with van der Waals surface area (Å²) in [5.74, 6) is 0. The quantitative estimate of drug-likeness (QED) is 0.484. The predicted octanol–water partition coefficient (Wildman–Crippen LogP) is 0.0688. The third-order valence-corrected chi connectivity index (χ3v) is 2.15. The summed E-state index contributed by atoms with van der Waals surface area (Å²) in [6.07, 6.45) is 2.89. The molecule has 1 aliphatic carbocycles. The lowest BCUT2D eigenvalue weighted by Crippen LogP contribution is -2.41. The van der Waals surface area contributed by atoms with Crippen molar-refractivity contribution in [2.24, 2.45) is 0 Å². The molecule has 1 saturated heterocycles. The van der Waals surface area contributed by atoms with Gasteiger partial charge in [-0.05, 0) is 12.8 Å². The van der Waals surface area contributed by atoms with Crippen LogP contribution in [0.1, 0.15) is 12.8 Å². The highest BCUT2D eigenvalue weighted by atomic mass is 15.2. The summed E-state index contributed by atoms with van der Waals surface area (Å²) >= 11 is 0. The molecule has 2 heteroatoms. The van der Waals surface area contributed by atoms with Gasteiger partial charge < -0.3 is 0 Å². The molecule has 51 valence electrons. The van der Waals surface area contributed by atoms with Gasteiger partial charge in [0, 0.05) is 32.2 Å². The van der Waals surface area contributed by atoms with Crippen molar-refractivity contribution in [1.82, 2.24) is 10.2 Å². The summed E-state index contributed by atoms with van der Waals surface area (Å²) in [7, 11) is 0. The molecule has 0 N–H and O–H groups in total. The molecule has 9 heavy (non-hydrogen) atoms. The molecule has 2 fully saturated rings. The maximum absolute atomic E-state index is 4.30. The molecule has 1 radical (unpaired) electrons. The lowest BCUT2D eigenvalue weighted by Gasteiger charge is -2.25. The van der Waals surface area contributed by atoms with E-state index in [2.05, 4.69) is 10.2 Å². The Morgan fingerprint density at radius 3 is 2.33 bits per heavy atom. The Balaban J connectivity index is 1.80. The number of hydrogen-bond acceptors (Lipinski definition) is 1. The molecule has 2 aliphatic rings. The van der Waals surface area contributed by atoms with Gasteiger partial charge in [0.25, 0.3) is 0 Å². The van der Waals surface area contributed by atoms with Crippen LogP contribution in [0.15, 0.2) is 0 Å². The van der Waals surface area contributed by atoms with Gasteiger partial charge in [-0.1, -0.05) is 0 Å². The first-order valence-corrected chi connectivity index (χ1v) is 3.84. The minimum atomic E-state index is 0.959. The molecular formula is C7H13N2. The molecule has 1 aliphatic heterocycles. The van der Waals surface area contributed by atoms with Gasteiger partial charge in [-0.3, -0.25) is 4.90 Å². The Kier molecular flexibility index (Phi) is 1.44. The molecule has 0 aromatic rings. The van der Waals surface area contributed by atoms with E-state index < -0.39 is 0 Å². The third kappa shape index (κ3) is 1.25. The van der Waals surface area contributed by atoms with Crippen molar-refractivity contribution in [1.29, 1.82) is 0 Å². The Hall–Kier alpha value is -0.0800. The Morgan fingerprint density at radius 1 is 1.11 bits per heavy atom. The Bertz CT molecular complexity index is 93.1. The number of piperazine rings is 1. The zero-order valence-corrected chi connectivity index (χ0v) is 5.71. The number of rotatable bonds is 1. The Morgan fingerprint density at radius 2 is 1.78 bits per heavy atom. The van der Waals surface area contributed by atoms with E-state index in [4.69, 9.17) is 0 Å². The van der Waals surface area contributed by atoms with Gasteiger partial charge in [0.2, 0.25) is 0 Å². The fraction of sp³-hybridized carbons (Fsp3) is 1.00. The average molecular weight is 125 g/mol. The van der Waals surface area contributed by atoms with Crippen LogP contribution < -0.4 is 5.32 Å². The standard InChI is InChI=1S/C7H13N2/c1-2-7(1)9-5-3-8-4-6-9/h7H,1-6H2. The molecule has 2 nitrogen and oxygen atoms in total. The van der Waals surface area contributed by atoms with Crippen LogP contribution in [0.4, 0.5) is 0 Å². The molecule has 0 amide bonds. The fourth-order valence-corrected chi connectivity index (χ4v) is 1.43. The lowest BCUT2D eigenvalue weighted by atomic mass is 10.3. The molecular weight excluding hydrogens is 112 g/mol. The van der Waals surface area contributed by atoms with Gasteiger partial charge in [-0.2, -0.15) is 0 Å². The van der Waals surface area contributed by atoms with Crippen LogP contribution in [-0.4, -0.2) is 37.1 Å². The number of hydrogen-bond donors (Lipinski definition) is 0. The first kappa shape index (κ1) is 5.69. The van der Waals surface area contributed by atoms with Crippen molar-refractivity contribution in [2.75, 3.05) is 26.2 Å². The summed E-state index contributed by atoms with van der Waals surface area (Å²) in [6, 6.07) is 0.959. The second-order valence-corrected chi connectivity index (χ2v) is 2.94. The SMILES string of the molecule is C1CN(C2CC2)CC[N]1. The van der Waals surface area contributed by atoms with E-state index in [0.717, 1.165) is 19.1 Å². The molecule has 0 aromatic carbocycles. The van der Waals surface area contributed by atoms with Gasteiger partial charge in [0.1, 0.15) is 0 Å². The van der Waals surface area contributed by atoms with Gasteiger partial charge >= 0.3 is 0 Å². The second-order valence-electron chi connectivity index (χ2n) is 2.94. The highest BCUT2D eigenvalue weighted by Crippen LogP contribution is 2.26. The van der Waals surface area contributed by atoms with E-state index in [9.17, 15) is 0 Å². The van der Waals surface area contributed by atoms with Crippen LogP contribution in [0.3, 0.4) is 0 Å². The maximum Gasteiger partial charge on any atom is 0.0261 e. The van der Waals surface area contributed by atoms with Gasteiger partial charge in [-0.25, -0.2) is 5.32 Å². The largest absolute Gasteiger partial charge is 0.298 e. The molecule has 0 aromatic heterocycles. The molecule has 0 spiro atoms. The molecule has 0 atom stereocenters. The van der Waals surface area contributed by atoms with Crippen molar-refractivity contribution in [2.45, 2.75) is 18.9 Å². The van der Waals surface area contributed by atoms with Crippen LogP contribution in [0, 0.1) is 0 Å². The molecule has 1 heterocycles. The monoisotopic (exact) mass is 125 g/mol. The van der Waals surface area contributed by atoms with E-state index in [1.807, 2.05) is 0 Å². The summed E-state index contributed by atoms with van der Waals surface area (Å²) in [5, 5.41) is 4.30. The zero-order chi connectivity index (χ0) is 6.10. The Labute approximate surface area is 56.2 Å². The predicted molar refractivity (Wildman–Crippen MR) is 36.5 cm³/mol. The summed E-state index contributed by atoms with van der Waals surface area (Å²) in [4.78, 5) is 2.58. The molecule has 0 unspecified atom stereocenters. The second kappa shape index (κ2) is 2.27. The average Bonchev–Trinajstić information content (AvgIpc) is 2.71. The normalized spacial score (nSPS) is 30.7. The van der Waals surface area contributed by atoms with Crippen molar-refractivity contribution < 1.29 is 0 Å². The van der Waals surface area contributed by atoms with Gasteiger partial charge in [0.15, 0.2) is 0 Å². The van der Waals surface area contributed by atoms with Crippen molar-refractivity contribution in [3.05, 3.63) is 0 Å². The van der Waals surface area contributed by atoms with E-state index >= 15 is 0 Å². The summed E-state index contributed by atoms with van der Waals surface area (Å²) in [5.41, 5.74) is 0. The van der Waals surface area contributed by atoms with Crippen LogP contribution in [-0.2, 0) is 0 Å². The van der Waals surface area contributed by atoms with Crippen molar-refractivity contribution >= 4 is 0 Å². The van der Waals surface area contributed by atoms with Gasteiger partial charge in [-0.15, -0.1) is 0 Å². The molecule has 1 saturated carbocycles. The highest BCUT2D eigenvalue weighted by Gasteiger charge is 2.29. The van der Waals surface area contributed by atoms with Crippen LogP contribution in [0.25, 0.3) is 0 Å². The minimum Gasteiger partial charge on any atom is -0.298 e. The first-order valence-electron chi connectivity index (χ1n) is 3.84. The van der Waals surface area contributed by atoms with Crippen molar-refractivity contribution in [3.63, 3.8) is 0 Å². The van der Waals surface area contributed by atoms with Gasteiger partial charge in [0.05, 0.1) is 0 Å².